The number of nitrogens with zero attached hydrogens (tertiary/aromatic N) is 1. The van der Waals surface area contributed by atoms with Gasteiger partial charge in [-0.15, -0.1) is 0 Å². The van der Waals surface area contributed by atoms with Crippen LogP contribution in [0.15, 0.2) is 29.2 Å². The molecule has 0 aromatic heterocycles. The van der Waals surface area contributed by atoms with Crippen LogP contribution in [0.5, 0.6) is 0 Å². The fourth-order valence-corrected chi connectivity index (χ4v) is 4.04. The molecule has 1 aromatic carbocycles. The number of hydrogen-bond donors (Lipinski definition) is 2. The van der Waals surface area contributed by atoms with E-state index in [1.807, 2.05) is 0 Å². The predicted molar refractivity (Wildman–Crippen MR) is 107 cm³/mol. The molecule has 0 heterocycles. The van der Waals surface area contributed by atoms with Crippen LogP contribution in [0.3, 0.4) is 0 Å². The summed E-state index contributed by atoms with van der Waals surface area (Å²) in [7, 11) is -3.73. The van der Waals surface area contributed by atoms with Gasteiger partial charge in [0.05, 0.1) is 4.90 Å². The maximum atomic E-state index is 12.7. The van der Waals surface area contributed by atoms with Crippen LogP contribution in [-0.4, -0.2) is 55.7 Å². The predicted octanol–water partition coefficient (Wildman–Crippen LogP) is 0.889. The molecular weight excluding hydrogens is 398 g/mol. The van der Waals surface area contributed by atoms with Crippen molar-refractivity contribution in [2.75, 3.05) is 13.1 Å². The number of carbonyl (C=O) groups is 3. The summed E-state index contributed by atoms with van der Waals surface area (Å²) in [5, 5.41) is 2.54. The monoisotopic (exact) mass is 427 g/mol. The number of hydrogen-bond acceptors (Lipinski definition) is 6. The first-order chi connectivity index (χ1) is 13.4. The van der Waals surface area contributed by atoms with E-state index >= 15 is 0 Å². The Labute approximate surface area is 171 Å². The summed E-state index contributed by atoms with van der Waals surface area (Å²) in [6.07, 6.45) is -1.14. The molecule has 0 saturated carbocycles. The van der Waals surface area contributed by atoms with Gasteiger partial charge in [-0.1, -0.05) is 33.8 Å². The zero-order valence-corrected chi connectivity index (χ0v) is 18.2. The highest BCUT2D eigenvalue weighted by molar-refractivity contribution is 7.89. The van der Waals surface area contributed by atoms with E-state index in [1.165, 1.54) is 35.5 Å². The third-order valence-corrected chi connectivity index (χ3v) is 6.39. The summed E-state index contributed by atoms with van der Waals surface area (Å²) in [4.78, 5) is 36.1. The topological polar surface area (TPSA) is 136 Å². The molecule has 0 aliphatic rings. The van der Waals surface area contributed by atoms with E-state index < -0.39 is 40.0 Å². The summed E-state index contributed by atoms with van der Waals surface area (Å²) in [5.41, 5.74) is 5.18. The average molecular weight is 428 g/mol. The fourth-order valence-electron chi connectivity index (χ4n) is 2.54. The second kappa shape index (κ2) is 10.4. The molecule has 0 aliphatic heterocycles. The normalized spacial score (nSPS) is 13.8. The molecule has 29 heavy (non-hydrogen) atoms. The molecule has 2 amide bonds. The average Bonchev–Trinajstić information content (AvgIpc) is 2.66. The van der Waals surface area contributed by atoms with Gasteiger partial charge < -0.3 is 15.8 Å². The lowest BCUT2D eigenvalue weighted by Gasteiger charge is -2.22. The Kier molecular flexibility index (Phi) is 8.78. The fraction of sp³-hybridized carbons (Fsp3) is 0.526. The Bertz CT molecular complexity index is 849. The van der Waals surface area contributed by atoms with Crippen molar-refractivity contribution in [3.63, 3.8) is 0 Å². The van der Waals surface area contributed by atoms with E-state index in [2.05, 4.69) is 5.32 Å². The Morgan fingerprint density at radius 3 is 2.21 bits per heavy atom. The molecule has 1 aromatic rings. The minimum atomic E-state index is -3.73. The molecule has 1 rings (SSSR count). The van der Waals surface area contributed by atoms with Gasteiger partial charge in [-0.3, -0.25) is 9.59 Å². The lowest BCUT2D eigenvalue weighted by molar-refractivity contribution is -0.156. The van der Waals surface area contributed by atoms with Gasteiger partial charge in [0, 0.05) is 18.7 Å². The molecule has 10 heteroatoms. The summed E-state index contributed by atoms with van der Waals surface area (Å²) >= 11 is 0. The number of primary amides is 1. The highest BCUT2D eigenvalue weighted by Gasteiger charge is 2.29. The van der Waals surface area contributed by atoms with Crippen LogP contribution in [-0.2, 0) is 24.3 Å². The zero-order valence-electron chi connectivity index (χ0n) is 17.3. The van der Waals surface area contributed by atoms with Gasteiger partial charge in [-0.25, -0.2) is 13.2 Å². The van der Waals surface area contributed by atoms with Crippen molar-refractivity contribution in [1.82, 2.24) is 9.62 Å². The SMILES string of the molecule is CCN(CC)S(=O)(=O)c1cccc(C(=O)N[C@H](C(=O)OC(C)C(N)=O)C(C)C)c1. The number of benzene rings is 1. The van der Waals surface area contributed by atoms with Gasteiger partial charge in [0.1, 0.15) is 6.04 Å². The number of sulfonamides is 1. The third kappa shape index (κ3) is 6.26. The van der Waals surface area contributed by atoms with E-state index in [0.29, 0.717) is 13.1 Å². The molecule has 0 saturated heterocycles. The van der Waals surface area contributed by atoms with Gasteiger partial charge in [-0.2, -0.15) is 4.31 Å². The zero-order chi connectivity index (χ0) is 22.4. The lowest BCUT2D eigenvalue weighted by Crippen LogP contribution is -2.47. The summed E-state index contributed by atoms with van der Waals surface area (Å²) in [5.74, 6) is -2.58. The van der Waals surface area contributed by atoms with Crippen LogP contribution in [0.4, 0.5) is 0 Å². The van der Waals surface area contributed by atoms with E-state index in [0.717, 1.165) is 0 Å². The summed E-state index contributed by atoms with van der Waals surface area (Å²) < 4.78 is 31.6. The number of ether oxygens (including phenoxy) is 1. The van der Waals surface area contributed by atoms with Gasteiger partial charge >= 0.3 is 5.97 Å². The standard InChI is InChI=1S/C19H29N3O6S/c1-6-22(7-2)29(26,27)15-10-8-9-14(11-15)18(24)21-16(12(3)4)19(25)28-13(5)17(20)23/h8-13,16H,6-7H2,1-5H3,(H2,20,23)(H,21,24)/t13?,16-/m0/s1. The van der Waals surface area contributed by atoms with Crippen LogP contribution in [0.25, 0.3) is 0 Å². The maximum absolute atomic E-state index is 12.7. The van der Waals surface area contributed by atoms with E-state index in [1.54, 1.807) is 27.7 Å². The van der Waals surface area contributed by atoms with Gasteiger partial charge in [0.25, 0.3) is 11.8 Å². The molecule has 9 nitrogen and oxygen atoms in total. The minimum absolute atomic E-state index is 0.0140. The van der Waals surface area contributed by atoms with Gasteiger partial charge in [0.15, 0.2) is 6.10 Å². The largest absolute Gasteiger partial charge is 0.451 e. The first kappa shape index (κ1) is 24.6. The molecule has 0 spiro atoms. The summed E-state index contributed by atoms with van der Waals surface area (Å²) in [6.45, 7) is 8.78. The molecule has 3 N–H and O–H groups in total. The highest BCUT2D eigenvalue weighted by atomic mass is 32.2. The Morgan fingerprint density at radius 1 is 1.14 bits per heavy atom. The van der Waals surface area contributed by atoms with Crippen molar-refractivity contribution in [3.05, 3.63) is 29.8 Å². The van der Waals surface area contributed by atoms with Crippen LogP contribution in [0.2, 0.25) is 0 Å². The van der Waals surface area contributed by atoms with Crippen molar-refractivity contribution in [1.29, 1.82) is 0 Å². The second-order valence-electron chi connectivity index (χ2n) is 6.79. The molecular formula is C19H29N3O6S. The maximum Gasteiger partial charge on any atom is 0.329 e. The van der Waals surface area contributed by atoms with Gasteiger partial charge in [0.2, 0.25) is 10.0 Å². The summed E-state index contributed by atoms with van der Waals surface area (Å²) in [6, 6.07) is 4.55. The van der Waals surface area contributed by atoms with Crippen molar-refractivity contribution in [3.8, 4) is 0 Å². The first-order valence-corrected chi connectivity index (χ1v) is 10.8. The van der Waals surface area contributed by atoms with Crippen molar-refractivity contribution in [2.24, 2.45) is 11.7 Å². The number of rotatable bonds is 10. The number of nitrogens with two attached hydrogens (primary N) is 1. The second-order valence-corrected chi connectivity index (χ2v) is 8.73. The molecule has 0 aliphatic carbocycles. The van der Waals surface area contributed by atoms with E-state index in [4.69, 9.17) is 10.5 Å². The van der Waals surface area contributed by atoms with Crippen molar-refractivity contribution in [2.45, 2.75) is 51.7 Å². The number of nitrogens with one attached hydrogen (secondary N) is 1. The van der Waals surface area contributed by atoms with Crippen molar-refractivity contribution >= 4 is 27.8 Å². The van der Waals surface area contributed by atoms with Gasteiger partial charge in [-0.05, 0) is 31.0 Å². The van der Waals surface area contributed by atoms with Crippen LogP contribution < -0.4 is 11.1 Å². The molecule has 162 valence electrons. The molecule has 2 atom stereocenters. The van der Waals surface area contributed by atoms with E-state index in [-0.39, 0.29) is 16.4 Å². The number of amides is 2. The van der Waals surface area contributed by atoms with E-state index in [9.17, 15) is 22.8 Å². The minimum Gasteiger partial charge on any atom is -0.451 e. The van der Waals surface area contributed by atoms with Crippen molar-refractivity contribution < 1.29 is 27.5 Å². The molecule has 1 unspecified atom stereocenters. The Balaban J connectivity index is 3.09. The number of esters is 1. The Morgan fingerprint density at radius 2 is 1.72 bits per heavy atom. The lowest BCUT2D eigenvalue weighted by atomic mass is 10.0. The van der Waals surface area contributed by atoms with Crippen LogP contribution in [0, 0.1) is 5.92 Å². The molecule has 0 bridgehead atoms. The number of carbonyl (C=O) groups excluding carboxylic acids is 3. The Hall–Kier alpha value is -2.46. The highest BCUT2D eigenvalue weighted by Crippen LogP contribution is 2.17. The third-order valence-electron chi connectivity index (χ3n) is 4.34. The smallest absolute Gasteiger partial charge is 0.329 e. The molecule has 0 radical (unpaired) electrons. The first-order valence-electron chi connectivity index (χ1n) is 9.36. The molecule has 0 fully saturated rings. The van der Waals surface area contributed by atoms with Crippen LogP contribution >= 0.6 is 0 Å². The quantitative estimate of drug-likeness (QED) is 0.532. The van der Waals surface area contributed by atoms with Crippen LogP contribution in [0.1, 0.15) is 45.0 Å².